The van der Waals surface area contributed by atoms with Crippen molar-refractivity contribution in [3.63, 3.8) is 0 Å². The van der Waals surface area contributed by atoms with Crippen LogP contribution in [0.25, 0.3) is 0 Å². The lowest BCUT2D eigenvalue weighted by molar-refractivity contribution is 0.269. The Bertz CT molecular complexity index is 358. The van der Waals surface area contributed by atoms with Crippen LogP contribution in [0, 0.1) is 5.92 Å². The van der Waals surface area contributed by atoms with Crippen molar-refractivity contribution in [3.8, 4) is 0 Å². The molecule has 4 nitrogen and oxygen atoms in total. The van der Waals surface area contributed by atoms with Gasteiger partial charge in [-0.25, -0.2) is 8.42 Å². The van der Waals surface area contributed by atoms with Crippen molar-refractivity contribution >= 4 is 21.6 Å². The van der Waals surface area contributed by atoms with Gasteiger partial charge < -0.3 is 5.32 Å². The van der Waals surface area contributed by atoms with Crippen LogP contribution >= 0.6 is 11.8 Å². The second-order valence-electron chi connectivity index (χ2n) is 5.80. The number of nitrogens with one attached hydrogen (secondary N) is 1. The van der Waals surface area contributed by atoms with Crippen LogP contribution in [-0.4, -0.2) is 62.1 Å². The molecule has 1 atom stereocenters. The van der Waals surface area contributed by atoms with Crippen LogP contribution in [0.5, 0.6) is 0 Å². The van der Waals surface area contributed by atoms with Crippen LogP contribution in [0.2, 0.25) is 0 Å². The summed E-state index contributed by atoms with van der Waals surface area (Å²) in [5.74, 6) is 2.78. The number of hydrogen-bond donors (Lipinski definition) is 1. The van der Waals surface area contributed by atoms with Crippen LogP contribution in [0.3, 0.4) is 0 Å². The summed E-state index contributed by atoms with van der Waals surface area (Å²) in [7, 11) is -2.95. The van der Waals surface area contributed by atoms with Crippen molar-refractivity contribution in [1.29, 1.82) is 0 Å². The first-order chi connectivity index (χ1) is 9.47. The molecule has 0 aromatic rings. The Morgan fingerprint density at radius 3 is 2.75 bits per heavy atom. The Hall–Kier alpha value is 0.220. The van der Waals surface area contributed by atoms with Crippen LogP contribution in [-0.2, 0) is 9.84 Å². The van der Waals surface area contributed by atoms with E-state index in [0.717, 1.165) is 43.6 Å². The van der Waals surface area contributed by atoms with Crippen molar-refractivity contribution in [1.82, 2.24) is 10.2 Å². The molecule has 120 valence electrons. The van der Waals surface area contributed by atoms with Gasteiger partial charge >= 0.3 is 0 Å². The highest BCUT2D eigenvalue weighted by molar-refractivity contribution is 8.01. The van der Waals surface area contributed by atoms with Crippen molar-refractivity contribution in [2.75, 3.05) is 43.4 Å². The Labute approximate surface area is 129 Å². The van der Waals surface area contributed by atoms with Crippen molar-refractivity contribution in [3.05, 3.63) is 0 Å². The van der Waals surface area contributed by atoms with Gasteiger partial charge in [-0.2, -0.15) is 11.8 Å². The van der Waals surface area contributed by atoms with Gasteiger partial charge in [-0.3, -0.25) is 4.90 Å². The summed E-state index contributed by atoms with van der Waals surface area (Å²) >= 11 is 1.76. The third kappa shape index (κ3) is 6.33. The lowest BCUT2D eigenvalue weighted by atomic mass is 10.1. The van der Waals surface area contributed by atoms with E-state index in [4.69, 9.17) is 0 Å². The minimum atomic E-state index is -2.95. The van der Waals surface area contributed by atoms with E-state index in [1.165, 1.54) is 12.8 Å². The third-order valence-corrected chi connectivity index (χ3v) is 7.05. The molecule has 1 saturated heterocycles. The first-order valence-electron chi connectivity index (χ1n) is 7.71. The molecule has 0 radical (unpaired) electrons. The van der Waals surface area contributed by atoms with Crippen LogP contribution in [0.15, 0.2) is 0 Å². The molecule has 0 aromatic carbocycles. The Kier molecular flexibility index (Phi) is 8.48. The quantitative estimate of drug-likeness (QED) is 0.656. The van der Waals surface area contributed by atoms with Gasteiger partial charge in [0, 0.05) is 36.9 Å². The van der Waals surface area contributed by atoms with Crippen molar-refractivity contribution < 1.29 is 8.42 Å². The summed E-state index contributed by atoms with van der Waals surface area (Å²) in [6.07, 6.45) is 2.45. The van der Waals surface area contributed by atoms with E-state index in [2.05, 4.69) is 24.1 Å². The minimum Gasteiger partial charge on any atom is -0.315 e. The Balaban J connectivity index is 2.29. The first-order valence-corrected chi connectivity index (χ1v) is 10.6. The number of hydrogen-bond acceptors (Lipinski definition) is 5. The molecule has 1 N–H and O–H groups in total. The molecule has 1 heterocycles. The first kappa shape index (κ1) is 18.3. The summed E-state index contributed by atoms with van der Waals surface area (Å²) in [6, 6.07) is 0. The smallest absolute Gasteiger partial charge is 0.166 e. The third-order valence-electron chi connectivity index (χ3n) is 3.72. The van der Waals surface area contributed by atoms with Gasteiger partial charge in [-0.1, -0.05) is 20.8 Å². The van der Waals surface area contributed by atoms with E-state index in [1.807, 2.05) is 0 Å². The summed E-state index contributed by atoms with van der Waals surface area (Å²) in [4.78, 5) is 2.14. The summed E-state index contributed by atoms with van der Waals surface area (Å²) in [5, 5.41) is 3.16. The largest absolute Gasteiger partial charge is 0.315 e. The Morgan fingerprint density at radius 2 is 2.10 bits per heavy atom. The normalized spacial score (nSPS) is 21.5. The zero-order chi connectivity index (χ0) is 15.0. The molecular formula is C14H30N2O2S2. The van der Waals surface area contributed by atoms with E-state index in [1.54, 1.807) is 18.7 Å². The molecule has 1 aliphatic heterocycles. The van der Waals surface area contributed by atoms with Crippen molar-refractivity contribution in [2.45, 2.75) is 39.0 Å². The van der Waals surface area contributed by atoms with E-state index >= 15 is 0 Å². The average Bonchev–Trinajstić information content (AvgIpc) is 2.42. The van der Waals surface area contributed by atoms with E-state index in [0.29, 0.717) is 0 Å². The molecule has 1 fully saturated rings. The highest BCUT2D eigenvalue weighted by atomic mass is 32.2. The molecule has 0 aliphatic carbocycles. The molecule has 1 aliphatic rings. The minimum absolute atomic E-state index is 0.247. The van der Waals surface area contributed by atoms with Gasteiger partial charge in [0.1, 0.15) is 5.37 Å². The van der Waals surface area contributed by atoms with E-state index in [9.17, 15) is 8.42 Å². The molecule has 0 bridgehead atoms. The molecule has 0 aromatic heterocycles. The monoisotopic (exact) mass is 322 g/mol. The van der Waals surface area contributed by atoms with Gasteiger partial charge in [0.2, 0.25) is 0 Å². The average molecular weight is 323 g/mol. The lowest BCUT2D eigenvalue weighted by Gasteiger charge is -2.34. The van der Waals surface area contributed by atoms with Gasteiger partial charge in [0.15, 0.2) is 9.84 Å². The molecule has 20 heavy (non-hydrogen) atoms. The summed E-state index contributed by atoms with van der Waals surface area (Å²) < 4.78 is 24.2. The van der Waals surface area contributed by atoms with Crippen LogP contribution in [0.4, 0.5) is 0 Å². The second kappa shape index (κ2) is 9.28. The van der Waals surface area contributed by atoms with Gasteiger partial charge in [0.05, 0.1) is 0 Å². The molecule has 1 unspecified atom stereocenters. The van der Waals surface area contributed by atoms with E-state index in [-0.39, 0.29) is 11.1 Å². The lowest BCUT2D eigenvalue weighted by Crippen LogP contribution is -2.49. The number of nitrogens with zero attached hydrogens (tertiary/aromatic N) is 1. The number of thioether (sulfide) groups is 1. The van der Waals surface area contributed by atoms with Crippen molar-refractivity contribution in [2.24, 2.45) is 5.92 Å². The highest BCUT2D eigenvalue weighted by Gasteiger charge is 2.32. The maximum atomic E-state index is 12.1. The fraction of sp³-hybridized carbons (Fsp3) is 1.00. The van der Waals surface area contributed by atoms with E-state index < -0.39 is 9.84 Å². The number of rotatable bonds is 9. The fourth-order valence-corrected chi connectivity index (χ4v) is 5.49. The number of sulfone groups is 1. The SMILES string of the molecule is CCS(=O)(=O)C1CSCCN1CCNCCCC(C)C. The zero-order valence-corrected chi connectivity index (χ0v) is 14.7. The predicted octanol–water partition coefficient (Wildman–Crippen LogP) is 1.82. The standard InChI is InChI=1S/C14H30N2O2S2/c1-4-20(17,18)14-12-19-11-10-16(14)9-8-15-7-5-6-13(2)3/h13-15H,4-12H2,1-3H3. The van der Waals surface area contributed by atoms with Crippen LogP contribution in [0.1, 0.15) is 33.6 Å². The maximum Gasteiger partial charge on any atom is 0.166 e. The summed E-state index contributed by atoms with van der Waals surface area (Å²) in [5.41, 5.74) is 0. The summed E-state index contributed by atoms with van der Waals surface area (Å²) in [6.45, 7) is 9.88. The molecule has 0 amide bonds. The molecule has 0 spiro atoms. The van der Waals surface area contributed by atoms with Gasteiger partial charge in [-0.05, 0) is 25.3 Å². The molecular weight excluding hydrogens is 292 g/mol. The zero-order valence-electron chi connectivity index (χ0n) is 13.1. The van der Waals surface area contributed by atoms with Gasteiger partial charge in [-0.15, -0.1) is 0 Å². The van der Waals surface area contributed by atoms with Gasteiger partial charge in [0.25, 0.3) is 0 Å². The highest BCUT2D eigenvalue weighted by Crippen LogP contribution is 2.20. The molecule has 6 heteroatoms. The second-order valence-corrected chi connectivity index (χ2v) is 9.40. The molecule has 1 rings (SSSR count). The fourth-order valence-electron chi connectivity index (χ4n) is 2.38. The Morgan fingerprint density at radius 1 is 1.35 bits per heavy atom. The molecule has 0 saturated carbocycles. The topological polar surface area (TPSA) is 49.4 Å². The maximum absolute atomic E-state index is 12.1. The van der Waals surface area contributed by atoms with Crippen LogP contribution < -0.4 is 5.32 Å². The predicted molar refractivity (Wildman–Crippen MR) is 89.1 cm³/mol.